The number of rotatable bonds is 2. The number of methoxy groups -OCH3 is 1. The molecule has 2 heterocycles. The van der Waals surface area contributed by atoms with E-state index in [1.165, 1.54) is 18.4 Å². The number of aromatic nitrogens is 1. The third kappa shape index (κ3) is 2.49. The summed E-state index contributed by atoms with van der Waals surface area (Å²) in [6, 6.07) is 2.38. The Morgan fingerprint density at radius 1 is 1.37 bits per heavy atom. The number of piperidine rings is 1. The highest BCUT2D eigenvalue weighted by Gasteiger charge is 2.34. The zero-order valence-corrected chi connectivity index (χ0v) is 11.9. The van der Waals surface area contributed by atoms with Crippen LogP contribution in [0, 0.1) is 11.8 Å². The third-order valence-corrected chi connectivity index (χ3v) is 4.62. The van der Waals surface area contributed by atoms with E-state index in [4.69, 9.17) is 16.3 Å². The Morgan fingerprint density at radius 3 is 3.05 bits per heavy atom. The first-order valence-electron chi connectivity index (χ1n) is 6.87. The maximum absolute atomic E-state index is 6.00. The number of nitrogens with zero attached hydrogens (tertiary/aromatic N) is 1. The summed E-state index contributed by atoms with van der Waals surface area (Å²) in [7, 11) is 1.63. The van der Waals surface area contributed by atoms with Crippen molar-refractivity contribution in [3.8, 4) is 5.75 Å². The van der Waals surface area contributed by atoms with Gasteiger partial charge in [-0.3, -0.25) is 0 Å². The average Bonchev–Trinajstić information content (AvgIpc) is 2.47. The first-order chi connectivity index (χ1) is 9.29. The van der Waals surface area contributed by atoms with Gasteiger partial charge in [0.25, 0.3) is 0 Å². The highest BCUT2D eigenvalue weighted by molar-refractivity contribution is 6.30. The second-order valence-electron chi connectivity index (χ2n) is 5.35. The molecule has 102 valence electrons. The van der Waals surface area contributed by atoms with Gasteiger partial charge in [-0.2, -0.15) is 0 Å². The highest BCUT2D eigenvalue weighted by Crippen LogP contribution is 2.41. The number of pyridine rings is 1. The van der Waals surface area contributed by atoms with Crippen LogP contribution in [0.4, 0.5) is 0 Å². The van der Waals surface area contributed by atoms with Gasteiger partial charge in [0, 0.05) is 12.2 Å². The standard InChI is InChI=1S/C15H19ClN2O/c1-19-13-8-11(9-18-15(13)16)14-12-5-3-2-4-10(12)6-7-17-14/h2-3,8-10,12,14,17H,4-7H2,1H3. The Hall–Kier alpha value is -1.06. The van der Waals surface area contributed by atoms with Crippen LogP contribution >= 0.6 is 11.6 Å². The van der Waals surface area contributed by atoms with Crippen molar-refractivity contribution in [1.82, 2.24) is 10.3 Å². The van der Waals surface area contributed by atoms with Crippen LogP contribution in [-0.2, 0) is 0 Å². The van der Waals surface area contributed by atoms with Crippen LogP contribution in [0.15, 0.2) is 24.4 Å². The molecular formula is C15H19ClN2O. The van der Waals surface area contributed by atoms with Gasteiger partial charge in [0.1, 0.15) is 0 Å². The number of fused-ring (bicyclic) bond motifs is 1. The second kappa shape index (κ2) is 5.51. The minimum Gasteiger partial charge on any atom is -0.494 e. The molecule has 2 aliphatic rings. The Balaban J connectivity index is 1.89. The Labute approximate surface area is 119 Å². The summed E-state index contributed by atoms with van der Waals surface area (Å²) in [4.78, 5) is 4.25. The van der Waals surface area contributed by atoms with Crippen LogP contribution in [0.25, 0.3) is 0 Å². The molecule has 0 amide bonds. The molecule has 1 aromatic heterocycles. The molecule has 3 nitrogen and oxygen atoms in total. The number of hydrogen-bond acceptors (Lipinski definition) is 3. The van der Waals surface area contributed by atoms with Crippen LogP contribution in [-0.4, -0.2) is 18.6 Å². The molecule has 1 aliphatic carbocycles. The number of halogens is 1. The fourth-order valence-corrected chi connectivity index (χ4v) is 3.51. The van der Waals surface area contributed by atoms with Gasteiger partial charge in [0.2, 0.25) is 0 Å². The van der Waals surface area contributed by atoms with E-state index < -0.39 is 0 Å². The van der Waals surface area contributed by atoms with Crippen molar-refractivity contribution in [3.05, 3.63) is 35.1 Å². The first kappa shape index (κ1) is 12.9. The Kier molecular flexibility index (Phi) is 3.76. The lowest BCUT2D eigenvalue weighted by atomic mass is 9.72. The van der Waals surface area contributed by atoms with Gasteiger partial charge in [-0.1, -0.05) is 23.8 Å². The molecule has 1 aromatic rings. The van der Waals surface area contributed by atoms with Crippen molar-refractivity contribution in [2.24, 2.45) is 11.8 Å². The largest absolute Gasteiger partial charge is 0.494 e. The van der Waals surface area contributed by atoms with E-state index in [1.54, 1.807) is 7.11 Å². The molecule has 3 atom stereocenters. The van der Waals surface area contributed by atoms with Gasteiger partial charge >= 0.3 is 0 Å². The van der Waals surface area contributed by atoms with Gasteiger partial charge in [-0.05, 0) is 49.3 Å². The lowest BCUT2D eigenvalue weighted by Gasteiger charge is -2.40. The topological polar surface area (TPSA) is 34.1 Å². The molecule has 3 rings (SSSR count). The van der Waals surface area contributed by atoms with E-state index in [1.807, 2.05) is 12.3 Å². The zero-order chi connectivity index (χ0) is 13.2. The van der Waals surface area contributed by atoms with E-state index in [2.05, 4.69) is 22.5 Å². The lowest BCUT2D eigenvalue weighted by molar-refractivity contribution is 0.183. The Bertz CT molecular complexity index is 489. The molecule has 0 radical (unpaired) electrons. The molecule has 4 heteroatoms. The minimum atomic E-state index is 0.363. The van der Waals surface area contributed by atoms with E-state index >= 15 is 0 Å². The number of hydrogen-bond donors (Lipinski definition) is 1. The van der Waals surface area contributed by atoms with E-state index in [0.29, 0.717) is 22.9 Å². The SMILES string of the molecule is COc1cc(C2NCCC3CC=CCC32)cnc1Cl. The van der Waals surface area contributed by atoms with Crippen molar-refractivity contribution in [3.63, 3.8) is 0 Å². The quantitative estimate of drug-likeness (QED) is 0.665. The summed E-state index contributed by atoms with van der Waals surface area (Å²) in [6.07, 6.45) is 10.1. The normalized spacial score (nSPS) is 29.9. The van der Waals surface area contributed by atoms with Gasteiger partial charge in [0.15, 0.2) is 10.9 Å². The summed E-state index contributed by atoms with van der Waals surface area (Å²) >= 11 is 6.00. The number of nitrogens with one attached hydrogen (secondary N) is 1. The maximum Gasteiger partial charge on any atom is 0.171 e. The number of ether oxygens (including phenoxy) is 1. The van der Waals surface area contributed by atoms with Gasteiger partial charge < -0.3 is 10.1 Å². The molecule has 19 heavy (non-hydrogen) atoms. The van der Waals surface area contributed by atoms with E-state index in [-0.39, 0.29) is 0 Å². The first-order valence-corrected chi connectivity index (χ1v) is 7.25. The molecule has 0 saturated carbocycles. The lowest BCUT2D eigenvalue weighted by Crippen LogP contribution is -2.40. The van der Waals surface area contributed by atoms with E-state index in [0.717, 1.165) is 18.9 Å². The zero-order valence-electron chi connectivity index (χ0n) is 11.1. The van der Waals surface area contributed by atoms with Crippen molar-refractivity contribution in [2.45, 2.75) is 25.3 Å². The van der Waals surface area contributed by atoms with Crippen molar-refractivity contribution in [2.75, 3.05) is 13.7 Å². The van der Waals surface area contributed by atoms with Gasteiger partial charge in [-0.25, -0.2) is 4.98 Å². The maximum atomic E-state index is 6.00. The second-order valence-corrected chi connectivity index (χ2v) is 5.71. The molecular weight excluding hydrogens is 260 g/mol. The van der Waals surface area contributed by atoms with Crippen LogP contribution < -0.4 is 10.1 Å². The van der Waals surface area contributed by atoms with Gasteiger partial charge in [-0.15, -0.1) is 0 Å². The third-order valence-electron chi connectivity index (χ3n) is 4.33. The predicted molar refractivity (Wildman–Crippen MR) is 76.5 cm³/mol. The number of allylic oxidation sites excluding steroid dienone is 2. The monoisotopic (exact) mass is 278 g/mol. The summed E-state index contributed by atoms with van der Waals surface area (Å²) < 4.78 is 5.28. The average molecular weight is 279 g/mol. The van der Waals surface area contributed by atoms with Gasteiger partial charge in [0.05, 0.1) is 7.11 Å². The highest BCUT2D eigenvalue weighted by atomic mass is 35.5. The summed E-state index contributed by atoms with van der Waals surface area (Å²) in [6.45, 7) is 1.07. The van der Waals surface area contributed by atoms with Crippen LogP contribution in [0.2, 0.25) is 5.15 Å². The molecule has 0 bridgehead atoms. The molecule has 1 aliphatic heterocycles. The fraction of sp³-hybridized carbons (Fsp3) is 0.533. The molecule has 1 N–H and O–H groups in total. The molecule has 3 unspecified atom stereocenters. The smallest absolute Gasteiger partial charge is 0.171 e. The van der Waals surface area contributed by atoms with Crippen molar-refractivity contribution >= 4 is 11.6 Å². The van der Waals surface area contributed by atoms with Crippen molar-refractivity contribution in [1.29, 1.82) is 0 Å². The summed E-state index contributed by atoms with van der Waals surface area (Å²) in [5, 5.41) is 4.07. The van der Waals surface area contributed by atoms with Crippen LogP contribution in [0.5, 0.6) is 5.75 Å². The minimum absolute atomic E-state index is 0.363. The molecule has 0 spiro atoms. The van der Waals surface area contributed by atoms with Crippen LogP contribution in [0.1, 0.15) is 30.9 Å². The molecule has 1 saturated heterocycles. The molecule has 0 aromatic carbocycles. The summed E-state index contributed by atoms with van der Waals surface area (Å²) in [5.41, 5.74) is 1.19. The molecule has 1 fully saturated rings. The van der Waals surface area contributed by atoms with Crippen LogP contribution in [0.3, 0.4) is 0 Å². The Morgan fingerprint density at radius 2 is 2.21 bits per heavy atom. The summed E-state index contributed by atoms with van der Waals surface area (Å²) in [5.74, 6) is 2.11. The van der Waals surface area contributed by atoms with Crippen molar-refractivity contribution < 1.29 is 4.74 Å². The predicted octanol–water partition coefficient (Wildman–Crippen LogP) is 3.36. The fourth-order valence-electron chi connectivity index (χ4n) is 3.33. The van der Waals surface area contributed by atoms with E-state index in [9.17, 15) is 0 Å².